The summed E-state index contributed by atoms with van der Waals surface area (Å²) in [6, 6.07) is 4.52. The van der Waals surface area contributed by atoms with Crippen LogP contribution < -0.4 is 4.90 Å². The van der Waals surface area contributed by atoms with Gasteiger partial charge in [-0.2, -0.15) is 13.2 Å². The zero-order valence-corrected chi connectivity index (χ0v) is 17.6. The van der Waals surface area contributed by atoms with E-state index in [0.717, 1.165) is 32.2 Å². The van der Waals surface area contributed by atoms with Crippen LogP contribution in [0.4, 0.5) is 18.9 Å². The Morgan fingerprint density at radius 2 is 1.66 bits per heavy atom. The summed E-state index contributed by atoms with van der Waals surface area (Å²) in [6.45, 7) is 10.4. The van der Waals surface area contributed by atoms with Gasteiger partial charge in [-0.25, -0.2) is 0 Å². The van der Waals surface area contributed by atoms with Crippen molar-refractivity contribution in [2.24, 2.45) is 0 Å². The Balaban J connectivity index is 1.50. The van der Waals surface area contributed by atoms with Gasteiger partial charge in [-0.3, -0.25) is 14.6 Å². The van der Waals surface area contributed by atoms with Gasteiger partial charge in [0.25, 0.3) is 0 Å². The van der Waals surface area contributed by atoms with Crippen LogP contribution in [0.15, 0.2) is 18.2 Å². The molecule has 1 amide bonds. The fourth-order valence-corrected chi connectivity index (χ4v) is 4.10. The second-order valence-corrected chi connectivity index (χ2v) is 8.34. The van der Waals surface area contributed by atoms with Crippen LogP contribution in [-0.4, -0.2) is 85.6 Å². The molecular formula is C20H28ClF3N4O. The average molecular weight is 433 g/mol. The van der Waals surface area contributed by atoms with Gasteiger partial charge >= 0.3 is 6.18 Å². The van der Waals surface area contributed by atoms with Crippen LogP contribution >= 0.6 is 11.6 Å². The summed E-state index contributed by atoms with van der Waals surface area (Å²) in [5, 5.41) is -0.289. The molecule has 1 aromatic carbocycles. The molecule has 0 bridgehead atoms. The molecular weight excluding hydrogens is 405 g/mol. The molecule has 0 saturated carbocycles. The largest absolute Gasteiger partial charge is 0.417 e. The number of hydrogen-bond acceptors (Lipinski definition) is 4. The Labute approximate surface area is 175 Å². The standard InChI is InChI=1S/C20H28ClF3N4O/c1-15(2)26-9-11-28(12-10-26)19(29)14-25-5-7-27(8-6-25)16-3-4-18(21)17(13-16)20(22,23)24/h3-4,13,15H,5-12,14H2,1-2H3. The summed E-state index contributed by atoms with van der Waals surface area (Å²) in [7, 11) is 0. The van der Waals surface area contributed by atoms with Gasteiger partial charge in [0.1, 0.15) is 0 Å². The van der Waals surface area contributed by atoms with Crippen molar-refractivity contribution >= 4 is 23.2 Å². The molecule has 162 valence electrons. The number of hydrogen-bond donors (Lipinski definition) is 0. The number of halogens is 4. The van der Waals surface area contributed by atoms with Crippen LogP contribution in [-0.2, 0) is 11.0 Å². The van der Waals surface area contributed by atoms with Gasteiger partial charge in [-0.1, -0.05) is 11.6 Å². The van der Waals surface area contributed by atoms with E-state index in [0.29, 0.717) is 44.5 Å². The summed E-state index contributed by atoms with van der Waals surface area (Å²) < 4.78 is 39.3. The molecule has 0 aliphatic carbocycles. The van der Waals surface area contributed by atoms with E-state index in [1.165, 1.54) is 6.07 Å². The Hall–Kier alpha value is -1.51. The number of carbonyl (C=O) groups excluding carboxylic acids is 1. The lowest BCUT2D eigenvalue weighted by atomic mass is 10.1. The smallest absolute Gasteiger partial charge is 0.369 e. The molecule has 0 atom stereocenters. The lowest BCUT2D eigenvalue weighted by Crippen LogP contribution is -2.54. The quantitative estimate of drug-likeness (QED) is 0.731. The third-order valence-corrected chi connectivity index (χ3v) is 6.08. The second kappa shape index (κ2) is 9.10. The molecule has 0 unspecified atom stereocenters. The lowest BCUT2D eigenvalue weighted by molar-refractivity contribution is -0.137. The van der Waals surface area contributed by atoms with E-state index in [9.17, 15) is 18.0 Å². The van der Waals surface area contributed by atoms with E-state index >= 15 is 0 Å². The van der Waals surface area contributed by atoms with E-state index in [-0.39, 0.29) is 10.9 Å². The van der Waals surface area contributed by atoms with E-state index in [1.54, 1.807) is 6.07 Å². The highest BCUT2D eigenvalue weighted by atomic mass is 35.5. The summed E-state index contributed by atoms with van der Waals surface area (Å²) >= 11 is 5.71. The molecule has 0 spiro atoms. The second-order valence-electron chi connectivity index (χ2n) is 7.94. The minimum atomic E-state index is -4.47. The normalized spacial score (nSPS) is 19.8. The van der Waals surface area contributed by atoms with Crippen molar-refractivity contribution in [3.8, 4) is 0 Å². The number of rotatable bonds is 4. The zero-order valence-electron chi connectivity index (χ0n) is 16.9. The van der Waals surface area contributed by atoms with Gasteiger partial charge in [0.15, 0.2) is 0 Å². The maximum Gasteiger partial charge on any atom is 0.417 e. The van der Waals surface area contributed by atoms with E-state index in [1.807, 2.05) is 9.80 Å². The Kier molecular flexibility index (Phi) is 6.96. The summed E-state index contributed by atoms with van der Waals surface area (Å²) in [5.74, 6) is 0.132. The molecule has 3 rings (SSSR count). The van der Waals surface area contributed by atoms with Gasteiger partial charge in [-0.15, -0.1) is 0 Å². The van der Waals surface area contributed by atoms with E-state index in [4.69, 9.17) is 11.6 Å². The molecule has 2 heterocycles. The molecule has 2 aliphatic heterocycles. The van der Waals surface area contributed by atoms with Gasteiger partial charge < -0.3 is 9.80 Å². The topological polar surface area (TPSA) is 30.0 Å². The van der Waals surface area contributed by atoms with Crippen molar-refractivity contribution in [3.05, 3.63) is 28.8 Å². The fourth-order valence-electron chi connectivity index (χ4n) is 3.87. The maximum atomic E-state index is 13.1. The van der Waals surface area contributed by atoms with Crippen molar-refractivity contribution in [2.75, 3.05) is 63.8 Å². The summed E-state index contributed by atoms with van der Waals surface area (Å²) in [4.78, 5) is 20.9. The van der Waals surface area contributed by atoms with Crippen LogP contribution in [0.5, 0.6) is 0 Å². The summed E-state index contributed by atoms with van der Waals surface area (Å²) in [5.41, 5.74) is -0.299. The van der Waals surface area contributed by atoms with Gasteiger partial charge in [-0.05, 0) is 32.0 Å². The Morgan fingerprint density at radius 3 is 2.21 bits per heavy atom. The van der Waals surface area contributed by atoms with E-state index in [2.05, 4.69) is 23.6 Å². The van der Waals surface area contributed by atoms with Crippen LogP contribution in [0, 0.1) is 0 Å². The predicted molar refractivity (Wildman–Crippen MR) is 108 cm³/mol. The third kappa shape index (κ3) is 5.55. The van der Waals surface area contributed by atoms with Crippen LogP contribution in [0.1, 0.15) is 19.4 Å². The first-order valence-electron chi connectivity index (χ1n) is 10.0. The maximum absolute atomic E-state index is 13.1. The molecule has 2 fully saturated rings. The predicted octanol–water partition coefficient (Wildman–Crippen LogP) is 3.03. The minimum absolute atomic E-state index is 0.132. The minimum Gasteiger partial charge on any atom is -0.369 e. The van der Waals surface area contributed by atoms with Crippen LogP contribution in [0.2, 0.25) is 5.02 Å². The molecule has 2 saturated heterocycles. The monoisotopic (exact) mass is 432 g/mol. The SMILES string of the molecule is CC(C)N1CCN(C(=O)CN2CCN(c3ccc(Cl)c(C(F)(F)F)c3)CC2)CC1. The highest BCUT2D eigenvalue weighted by Gasteiger charge is 2.34. The Morgan fingerprint density at radius 1 is 1.03 bits per heavy atom. The van der Waals surface area contributed by atoms with Crippen molar-refractivity contribution in [1.82, 2.24) is 14.7 Å². The van der Waals surface area contributed by atoms with Crippen molar-refractivity contribution in [1.29, 1.82) is 0 Å². The molecule has 29 heavy (non-hydrogen) atoms. The van der Waals surface area contributed by atoms with Crippen LogP contribution in [0.25, 0.3) is 0 Å². The molecule has 2 aliphatic rings. The van der Waals surface area contributed by atoms with Crippen LogP contribution in [0.3, 0.4) is 0 Å². The molecule has 1 aromatic rings. The van der Waals surface area contributed by atoms with Crippen molar-refractivity contribution in [3.63, 3.8) is 0 Å². The molecule has 5 nitrogen and oxygen atoms in total. The summed E-state index contributed by atoms with van der Waals surface area (Å²) in [6.07, 6.45) is -4.47. The number of alkyl halides is 3. The number of nitrogens with zero attached hydrogens (tertiary/aromatic N) is 4. The zero-order chi connectivity index (χ0) is 21.2. The number of anilines is 1. The van der Waals surface area contributed by atoms with E-state index < -0.39 is 11.7 Å². The first kappa shape index (κ1) is 22.2. The van der Waals surface area contributed by atoms with Crippen molar-refractivity contribution < 1.29 is 18.0 Å². The average Bonchev–Trinajstić information content (AvgIpc) is 2.68. The number of amides is 1. The first-order chi connectivity index (χ1) is 13.6. The van der Waals surface area contributed by atoms with Crippen molar-refractivity contribution in [2.45, 2.75) is 26.1 Å². The molecule has 0 N–H and O–H groups in total. The molecule has 0 aromatic heterocycles. The number of benzene rings is 1. The highest BCUT2D eigenvalue weighted by Crippen LogP contribution is 2.37. The van der Waals surface area contributed by atoms with Gasteiger partial charge in [0, 0.05) is 64.1 Å². The highest BCUT2D eigenvalue weighted by molar-refractivity contribution is 6.31. The number of carbonyl (C=O) groups is 1. The first-order valence-corrected chi connectivity index (χ1v) is 10.4. The Bertz CT molecular complexity index is 712. The molecule has 9 heteroatoms. The fraction of sp³-hybridized carbons (Fsp3) is 0.650. The lowest BCUT2D eigenvalue weighted by Gasteiger charge is -2.39. The van der Waals surface area contributed by atoms with Gasteiger partial charge in [0.2, 0.25) is 5.91 Å². The molecule has 0 radical (unpaired) electrons. The third-order valence-electron chi connectivity index (χ3n) is 5.75. The van der Waals surface area contributed by atoms with Gasteiger partial charge in [0.05, 0.1) is 17.1 Å². The number of piperazine rings is 2.